The fraction of sp³-hybridized carbons (Fsp3) is 0.188. The summed E-state index contributed by atoms with van der Waals surface area (Å²) in [6.07, 6.45) is 0. The number of urea groups is 1. The zero-order valence-electron chi connectivity index (χ0n) is 12.0. The number of nitrogens with one attached hydrogen (secondary N) is 2. The molecule has 22 heavy (non-hydrogen) atoms. The number of anilines is 1. The largest absolute Gasteiger partial charge is 0.455 e. The molecule has 0 spiro atoms. The van der Waals surface area contributed by atoms with Crippen molar-refractivity contribution in [3.05, 3.63) is 53.6 Å². The Kier molecular flexibility index (Phi) is 5.63. The molecule has 6 heteroatoms. The van der Waals surface area contributed by atoms with Gasteiger partial charge in [0.1, 0.15) is 5.75 Å². The third-order valence-electron chi connectivity index (χ3n) is 2.81. The van der Waals surface area contributed by atoms with Crippen LogP contribution in [-0.4, -0.2) is 23.8 Å². The molecule has 116 valence electrons. The van der Waals surface area contributed by atoms with Crippen molar-refractivity contribution in [1.29, 1.82) is 0 Å². The molecule has 2 amide bonds. The summed E-state index contributed by atoms with van der Waals surface area (Å²) < 4.78 is 5.75. The van der Waals surface area contributed by atoms with E-state index in [4.69, 9.17) is 21.4 Å². The highest BCUT2D eigenvalue weighted by Crippen LogP contribution is 2.31. The van der Waals surface area contributed by atoms with Crippen molar-refractivity contribution in [1.82, 2.24) is 5.32 Å². The molecule has 0 aliphatic carbocycles. The minimum atomic E-state index is -0.443. The summed E-state index contributed by atoms with van der Waals surface area (Å²) in [6.45, 7) is 1.55. The van der Waals surface area contributed by atoms with Gasteiger partial charge in [-0.05, 0) is 37.3 Å². The quantitative estimate of drug-likeness (QED) is 0.787. The second kappa shape index (κ2) is 7.68. The smallest absolute Gasteiger partial charge is 0.319 e. The number of amides is 2. The molecule has 0 heterocycles. The second-order valence-electron chi connectivity index (χ2n) is 4.74. The zero-order valence-corrected chi connectivity index (χ0v) is 12.8. The lowest BCUT2D eigenvalue weighted by Crippen LogP contribution is -2.38. The standard InChI is InChI=1S/C16H17ClN2O3/c1-11(10-20)18-16(21)19-14-9-12(17)7-8-15(14)22-13-5-3-2-4-6-13/h2-9,11,20H,10H2,1H3,(H2,18,19,21)/t11-/m1/s1. The van der Waals surface area contributed by atoms with E-state index in [1.807, 2.05) is 30.3 Å². The molecular formula is C16H17ClN2O3. The lowest BCUT2D eigenvalue weighted by Gasteiger charge is -2.15. The molecule has 5 nitrogen and oxygen atoms in total. The highest BCUT2D eigenvalue weighted by Gasteiger charge is 2.11. The summed E-state index contributed by atoms with van der Waals surface area (Å²) in [5.74, 6) is 1.12. The monoisotopic (exact) mass is 320 g/mol. The Hall–Kier alpha value is -2.24. The number of ether oxygens (including phenoxy) is 1. The van der Waals surface area contributed by atoms with Gasteiger partial charge in [-0.1, -0.05) is 29.8 Å². The number of aliphatic hydroxyl groups excluding tert-OH is 1. The average molecular weight is 321 g/mol. The number of carbonyl (C=O) groups excluding carboxylic acids is 1. The molecule has 0 saturated heterocycles. The molecule has 0 aliphatic rings. The lowest BCUT2D eigenvalue weighted by atomic mass is 10.3. The SMILES string of the molecule is C[C@H](CO)NC(=O)Nc1cc(Cl)ccc1Oc1ccccc1. The van der Waals surface area contributed by atoms with E-state index in [2.05, 4.69) is 10.6 Å². The van der Waals surface area contributed by atoms with E-state index >= 15 is 0 Å². The summed E-state index contributed by atoms with van der Waals surface area (Å²) in [4.78, 5) is 11.9. The maximum atomic E-state index is 11.9. The Morgan fingerprint density at radius 1 is 1.27 bits per heavy atom. The van der Waals surface area contributed by atoms with Crippen LogP contribution < -0.4 is 15.4 Å². The molecule has 2 aromatic carbocycles. The van der Waals surface area contributed by atoms with Crippen molar-refractivity contribution < 1.29 is 14.6 Å². The molecule has 2 aromatic rings. The van der Waals surface area contributed by atoms with E-state index in [0.717, 1.165) is 0 Å². The number of hydrogen-bond acceptors (Lipinski definition) is 3. The first kappa shape index (κ1) is 16.1. The number of para-hydroxylation sites is 1. The van der Waals surface area contributed by atoms with Gasteiger partial charge in [0.15, 0.2) is 5.75 Å². The topological polar surface area (TPSA) is 70.6 Å². The molecular weight excluding hydrogens is 304 g/mol. The number of carbonyl (C=O) groups is 1. The van der Waals surface area contributed by atoms with Crippen LogP contribution in [0, 0.1) is 0 Å². The third-order valence-corrected chi connectivity index (χ3v) is 3.05. The van der Waals surface area contributed by atoms with Crippen molar-refractivity contribution >= 4 is 23.3 Å². The Labute approximate surface area is 133 Å². The molecule has 0 saturated carbocycles. The fourth-order valence-corrected chi connectivity index (χ4v) is 1.90. The van der Waals surface area contributed by atoms with Gasteiger partial charge >= 0.3 is 6.03 Å². The molecule has 0 fully saturated rings. The summed E-state index contributed by atoms with van der Waals surface area (Å²) >= 11 is 5.97. The molecule has 0 unspecified atom stereocenters. The summed E-state index contributed by atoms with van der Waals surface area (Å²) in [5, 5.41) is 14.7. The fourth-order valence-electron chi connectivity index (χ4n) is 1.73. The second-order valence-corrected chi connectivity index (χ2v) is 5.17. The average Bonchev–Trinajstić information content (AvgIpc) is 2.51. The van der Waals surface area contributed by atoms with Crippen LogP contribution in [0.25, 0.3) is 0 Å². The first-order valence-electron chi connectivity index (χ1n) is 6.79. The van der Waals surface area contributed by atoms with Gasteiger partial charge < -0.3 is 20.5 Å². The predicted molar refractivity (Wildman–Crippen MR) is 86.7 cm³/mol. The van der Waals surface area contributed by atoms with Crippen LogP contribution in [0.15, 0.2) is 48.5 Å². The number of aliphatic hydroxyl groups is 1. The van der Waals surface area contributed by atoms with Crippen molar-refractivity contribution in [2.24, 2.45) is 0 Å². The van der Waals surface area contributed by atoms with Gasteiger partial charge in [0.2, 0.25) is 0 Å². The summed E-state index contributed by atoms with van der Waals surface area (Å²) in [5.41, 5.74) is 0.444. The number of halogens is 1. The Bertz CT molecular complexity index is 635. The summed E-state index contributed by atoms with van der Waals surface area (Å²) in [6, 6.07) is 13.4. The van der Waals surface area contributed by atoms with E-state index in [1.54, 1.807) is 25.1 Å². The molecule has 0 radical (unpaired) electrons. The molecule has 0 aromatic heterocycles. The van der Waals surface area contributed by atoms with Gasteiger partial charge in [-0.3, -0.25) is 0 Å². The number of benzene rings is 2. The first-order valence-corrected chi connectivity index (χ1v) is 7.17. The van der Waals surface area contributed by atoms with Crippen molar-refractivity contribution in [2.75, 3.05) is 11.9 Å². The van der Waals surface area contributed by atoms with Crippen LogP contribution in [0.4, 0.5) is 10.5 Å². The maximum absolute atomic E-state index is 11.9. The lowest BCUT2D eigenvalue weighted by molar-refractivity contribution is 0.229. The maximum Gasteiger partial charge on any atom is 0.319 e. The van der Waals surface area contributed by atoms with E-state index in [-0.39, 0.29) is 12.6 Å². The minimum Gasteiger partial charge on any atom is -0.455 e. The Morgan fingerprint density at radius 3 is 2.68 bits per heavy atom. The molecule has 0 bridgehead atoms. The van der Waals surface area contributed by atoms with Gasteiger partial charge in [-0.25, -0.2) is 4.79 Å². The van der Waals surface area contributed by atoms with Gasteiger partial charge in [-0.15, -0.1) is 0 Å². The van der Waals surface area contributed by atoms with Gasteiger partial charge in [0.05, 0.1) is 18.3 Å². The minimum absolute atomic E-state index is 0.143. The highest BCUT2D eigenvalue weighted by molar-refractivity contribution is 6.31. The van der Waals surface area contributed by atoms with Gasteiger partial charge in [-0.2, -0.15) is 0 Å². The zero-order chi connectivity index (χ0) is 15.9. The van der Waals surface area contributed by atoms with Crippen LogP contribution >= 0.6 is 11.6 Å². The van der Waals surface area contributed by atoms with Crippen molar-refractivity contribution in [3.63, 3.8) is 0 Å². The normalized spacial score (nSPS) is 11.6. The van der Waals surface area contributed by atoms with E-state index in [1.165, 1.54) is 0 Å². The summed E-state index contributed by atoms with van der Waals surface area (Å²) in [7, 11) is 0. The van der Waals surface area contributed by atoms with Crippen molar-refractivity contribution in [2.45, 2.75) is 13.0 Å². The molecule has 2 rings (SSSR count). The molecule has 1 atom stereocenters. The van der Waals surface area contributed by atoms with Crippen LogP contribution in [0.5, 0.6) is 11.5 Å². The predicted octanol–water partition coefficient (Wildman–Crippen LogP) is 3.63. The van der Waals surface area contributed by atoms with Gasteiger partial charge in [0.25, 0.3) is 0 Å². The first-order chi connectivity index (χ1) is 10.6. The molecule has 0 aliphatic heterocycles. The number of rotatable bonds is 5. The Morgan fingerprint density at radius 2 is 2.00 bits per heavy atom. The van der Waals surface area contributed by atoms with Crippen LogP contribution in [0.1, 0.15) is 6.92 Å². The highest BCUT2D eigenvalue weighted by atomic mass is 35.5. The Balaban J connectivity index is 2.15. The third kappa shape index (κ3) is 4.65. The van der Waals surface area contributed by atoms with Crippen LogP contribution in [-0.2, 0) is 0 Å². The van der Waals surface area contributed by atoms with Crippen LogP contribution in [0.2, 0.25) is 5.02 Å². The number of hydrogen-bond donors (Lipinski definition) is 3. The van der Waals surface area contributed by atoms with E-state index < -0.39 is 6.03 Å². The molecule has 3 N–H and O–H groups in total. The van der Waals surface area contributed by atoms with Crippen LogP contribution in [0.3, 0.4) is 0 Å². The van der Waals surface area contributed by atoms with Gasteiger partial charge in [0, 0.05) is 5.02 Å². The van der Waals surface area contributed by atoms with Crippen molar-refractivity contribution in [3.8, 4) is 11.5 Å². The van der Waals surface area contributed by atoms with E-state index in [9.17, 15) is 4.79 Å². The van der Waals surface area contributed by atoms with E-state index in [0.29, 0.717) is 22.2 Å².